The summed E-state index contributed by atoms with van der Waals surface area (Å²) in [6.07, 6.45) is 0. The van der Waals surface area contributed by atoms with Crippen molar-refractivity contribution in [1.82, 2.24) is 0 Å². The first-order valence-corrected chi connectivity index (χ1v) is 4.40. The number of aromatic hydroxyl groups is 1. The van der Waals surface area contributed by atoms with Crippen molar-refractivity contribution in [3.05, 3.63) is 22.7 Å². The summed E-state index contributed by atoms with van der Waals surface area (Å²) in [5.74, 6) is -1.24. The second kappa shape index (κ2) is 4.37. The summed E-state index contributed by atoms with van der Waals surface area (Å²) < 4.78 is 4.84. The van der Waals surface area contributed by atoms with E-state index in [0.717, 1.165) is 0 Å². The molecule has 0 saturated heterocycles. The van der Waals surface area contributed by atoms with Crippen LogP contribution in [0.5, 0.6) is 11.5 Å². The molecule has 0 spiro atoms. The number of rotatable bonds is 3. The highest BCUT2D eigenvalue weighted by atomic mass is 35.5. The highest BCUT2D eigenvalue weighted by Gasteiger charge is 2.20. The summed E-state index contributed by atoms with van der Waals surface area (Å²) in [6, 6.07) is 1.18. The highest BCUT2D eigenvalue weighted by Crippen LogP contribution is 2.34. The molecular formula is C9H10ClNO4. The van der Waals surface area contributed by atoms with Crippen LogP contribution in [0.15, 0.2) is 12.1 Å². The molecule has 82 valence electrons. The minimum atomic E-state index is -1.31. The molecule has 1 atom stereocenters. The molecule has 0 radical (unpaired) electrons. The number of methoxy groups -OCH3 is 1. The van der Waals surface area contributed by atoms with Gasteiger partial charge in [-0.2, -0.15) is 0 Å². The van der Waals surface area contributed by atoms with Crippen LogP contribution in [-0.2, 0) is 4.79 Å². The largest absolute Gasteiger partial charge is 0.507 e. The zero-order chi connectivity index (χ0) is 11.6. The van der Waals surface area contributed by atoms with Crippen molar-refractivity contribution in [2.24, 2.45) is 5.73 Å². The van der Waals surface area contributed by atoms with Crippen LogP contribution in [0.2, 0.25) is 5.02 Å². The van der Waals surface area contributed by atoms with Gasteiger partial charge in [-0.1, -0.05) is 11.6 Å². The van der Waals surface area contributed by atoms with E-state index in [-0.39, 0.29) is 22.1 Å². The summed E-state index contributed by atoms with van der Waals surface area (Å²) in [7, 11) is 1.39. The smallest absolute Gasteiger partial charge is 0.325 e. The molecule has 1 aromatic rings. The van der Waals surface area contributed by atoms with Crippen LogP contribution < -0.4 is 10.5 Å². The summed E-state index contributed by atoms with van der Waals surface area (Å²) >= 11 is 5.77. The second-order valence-corrected chi connectivity index (χ2v) is 3.27. The van der Waals surface area contributed by atoms with Crippen molar-refractivity contribution in [3.8, 4) is 11.5 Å². The highest BCUT2D eigenvalue weighted by molar-refractivity contribution is 6.32. The topological polar surface area (TPSA) is 92.8 Å². The number of hydrogen-bond acceptors (Lipinski definition) is 4. The molecule has 0 amide bonds. The zero-order valence-electron chi connectivity index (χ0n) is 7.90. The van der Waals surface area contributed by atoms with Crippen molar-refractivity contribution in [3.63, 3.8) is 0 Å². The fourth-order valence-electron chi connectivity index (χ4n) is 1.10. The number of benzene rings is 1. The number of aliphatic carboxylic acids is 1. The fourth-order valence-corrected chi connectivity index (χ4v) is 1.35. The zero-order valence-corrected chi connectivity index (χ0v) is 8.65. The van der Waals surface area contributed by atoms with Crippen LogP contribution in [0.4, 0.5) is 0 Å². The van der Waals surface area contributed by atoms with Gasteiger partial charge in [0.15, 0.2) is 0 Å². The van der Waals surface area contributed by atoms with E-state index < -0.39 is 12.0 Å². The molecular weight excluding hydrogens is 222 g/mol. The third kappa shape index (κ3) is 2.31. The molecule has 0 heterocycles. The van der Waals surface area contributed by atoms with Gasteiger partial charge in [-0.3, -0.25) is 4.79 Å². The summed E-state index contributed by atoms with van der Waals surface area (Å²) in [5.41, 5.74) is 5.39. The predicted octanol–water partition coefficient (Wildman–Crippen LogP) is 1.14. The lowest BCUT2D eigenvalue weighted by Crippen LogP contribution is -2.20. The minimum absolute atomic E-state index is 0.0494. The monoisotopic (exact) mass is 231 g/mol. The molecule has 6 heteroatoms. The molecule has 0 aromatic heterocycles. The molecule has 0 saturated carbocycles. The number of carboxylic acid groups (broad SMARTS) is 1. The molecule has 1 unspecified atom stereocenters. The Kier molecular flexibility index (Phi) is 3.39. The second-order valence-electron chi connectivity index (χ2n) is 2.86. The number of ether oxygens (including phenoxy) is 1. The van der Waals surface area contributed by atoms with E-state index in [1.165, 1.54) is 19.2 Å². The number of phenolic OH excluding ortho intramolecular Hbond substituents is 1. The molecule has 1 rings (SSSR count). The Morgan fingerprint density at radius 1 is 1.60 bits per heavy atom. The molecule has 0 fully saturated rings. The molecule has 0 aliphatic rings. The summed E-state index contributed by atoms with van der Waals surface area (Å²) in [4.78, 5) is 10.6. The van der Waals surface area contributed by atoms with Gasteiger partial charge < -0.3 is 20.7 Å². The van der Waals surface area contributed by atoms with Crippen molar-refractivity contribution in [2.45, 2.75) is 6.04 Å². The number of carbonyl (C=O) groups is 1. The van der Waals surface area contributed by atoms with E-state index in [1.807, 2.05) is 0 Å². The maximum absolute atomic E-state index is 10.6. The number of halogens is 1. The van der Waals surface area contributed by atoms with Gasteiger partial charge in [0.1, 0.15) is 17.5 Å². The lowest BCUT2D eigenvalue weighted by atomic mass is 10.1. The number of hydrogen-bond donors (Lipinski definition) is 3. The first-order chi connectivity index (χ1) is 6.97. The van der Waals surface area contributed by atoms with E-state index >= 15 is 0 Å². The van der Waals surface area contributed by atoms with Gasteiger partial charge in [0, 0.05) is 11.6 Å². The van der Waals surface area contributed by atoms with E-state index in [4.69, 9.17) is 27.2 Å². The Morgan fingerprint density at radius 3 is 2.67 bits per heavy atom. The fraction of sp³-hybridized carbons (Fsp3) is 0.222. The van der Waals surface area contributed by atoms with Gasteiger partial charge in [-0.05, 0) is 6.07 Å². The van der Waals surface area contributed by atoms with Crippen LogP contribution in [0.3, 0.4) is 0 Å². The van der Waals surface area contributed by atoms with Crippen molar-refractivity contribution >= 4 is 17.6 Å². The average Bonchev–Trinajstić information content (AvgIpc) is 2.19. The van der Waals surface area contributed by atoms with Crippen LogP contribution in [0.1, 0.15) is 11.6 Å². The van der Waals surface area contributed by atoms with Gasteiger partial charge in [0.05, 0.1) is 12.1 Å². The molecule has 5 nitrogen and oxygen atoms in total. The van der Waals surface area contributed by atoms with Crippen LogP contribution >= 0.6 is 11.6 Å². The van der Waals surface area contributed by atoms with E-state index in [9.17, 15) is 9.90 Å². The molecule has 0 aliphatic heterocycles. The van der Waals surface area contributed by atoms with E-state index in [2.05, 4.69) is 0 Å². The number of nitrogens with two attached hydrogens (primary N) is 1. The number of carboxylic acids is 1. The Morgan fingerprint density at radius 2 is 2.20 bits per heavy atom. The van der Waals surface area contributed by atoms with Gasteiger partial charge in [-0.15, -0.1) is 0 Å². The van der Waals surface area contributed by atoms with E-state index in [1.54, 1.807) is 0 Å². The van der Waals surface area contributed by atoms with Crippen LogP contribution in [0, 0.1) is 0 Å². The van der Waals surface area contributed by atoms with Crippen molar-refractivity contribution < 1.29 is 19.7 Å². The predicted molar refractivity (Wildman–Crippen MR) is 54.2 cm³/mol. The Labute approximate surface area is 91.0 Å². The Balaban J connectivity index is 3.21. The quantitative estimate of drug-likeness (QED) is 0.725. The van der Waals surface area contributed by atoms with Crippen LogP contribution in [0.25, 0.3) is 0 Å². The molecule has 4 N–H and O–H groups in total. The van der Waals surface area contributed by atoms with Gasteiger partial charge >= 0.3 is 5.97 Å². The minimum Gasteiger partial charge on any atom is -0.507 e. The van der Waals surface area contributed by atoms with Crippen molar-refractivity contribution in [1.29, 1.82) is 0 Å². The normalized spacial score (nSPS) is 12.2. The van der Waals surface area contributed by atoms with Gasteiger partial charge in [0.25, 0.3) is 0 Å². The maximum atomic E-state index is 10.6. The Bertz CT molecular complexity index is 394. The molecule has 1 aromatic carbocycles. The third-order valence-electron chi connectivity index (χ3n) is 1.90. The summed E-state index contributed by atoms with van der Waals surface area (Å²) in [5, 5.41) is 18.3. The van der Waals surface area contributed by atoms with Crippen LogP contribution in [-0.4, -0.2) is 23.3 Å². The third-order valence-corrected chi connectivity index (χ3v) is 2.20. The molecule has 0 aliphatic carbocycles. The summed E-state index contributed by atoms with van der Waals surface area (Å²) in [6.45, 7) is 0. The lowest BCUT2D eigenvalue weighted by molar-refractivity contribution is -0.138. The number of phenols is 1. The lowest BCUT2D eigenvalue weighted by Gasteiger charge is -2.11. The van der Waals surface area contributed by atoms with Gasteiger partial charge in [0.2, 0.25) is 0 Å². The Hall–Kier alpha value is -1.46. The standard InChI is InChI=1S/C9H10ClNO4/c1-15-7-3-6(12)4(2-5(7)10)8(11)9(13)14/h2-3,8,12H,11H2,1H3,(H,13,14). The average molecular weight is 232 g/mol. The van der Waals surface area contributed by atoms with Gasteiger partial charge in [-0.25, -0.2) is 0 Å². The first kappa shape index (κ1) is 11.6. The van der Waals surface area contributed by atoms with E-state index in [0.29, 0.717) is 0 Å². The first-order valence-electron chi connectivity index (χ1n) is 4.02. The molecule has 0 bridgehead atoms. The SMILES string of the molecule is COc1cc(O)c(C(N)C(=O)O)cc1Cl. The molecule has 15 heavy (non-hydrogen) atoms. The maximum Gasteiger partial charge on any atom is 0.325 e. The van der Waals surface area contributed by atoms with Crippen molar-refractivity contribution in [2.75, 3.05) is 7.11 Å².